The third kappa shape index (κ3) is 2.69. The molecule has 6 nitrogen and oxygen atoms in total. The predicted molar refractivity (Wildman–Crippen MR) is 91.7 cm³/mol. The highest BCUT2D eigenvalue weighted by Crippen LogP contribution is 2.21. The van der Waals surface area contributed by atoms with Crippen LogP contribution in [0.2, 0.25) is 0 Å². The Morgan fingerprint density at radius 3 is 2.54 bits per heavy atom. The summed E-state index contributed by atoms with van der Waals surface area (Å²) < 4.78 is 5.13. The van der Waals surface area contributed by atoms with E-state index in [0.717, 1.165) is 16.9 Å². The number of fused-ring (bicyclic) bond motifs is 1. The number of hydrogen-bond acceptors (Lipinski definition) is 4. The van der Waals surface area contributed by atoms with Crippen molar-refractivity contribution in [1.29, 1.82) is 0 Å². The number of aromatic carboxylic acids is 1. The van der Waals surface area contributed by atoms with Gasteiger partial charge in [0.15, 0.2) is 0 Å². The normalized spacial score (nSPS) is 10.7. The summed E-state index contributed by atoms with van der Waals surface area (Å²) >= 11 is 0. The van der Waals surface area contributed by atoms with Crippen molar-refractivity contribution in [2.45, 2.75) is 6.42 Å². The van der Waals surface area contributed by atoms with Crippen molar-refractivity contribution in [3.63, 3.8) is 0 Å². The molecule has 0 saturated heterocycles. The molecule has 0 unspecified atom stereocenters. The van der Waals surface area contributed by atoms with Crippen LogP contribution in [0.25, 0.3) is 10.9 Å². The van der Waals surface area contributed by atoms with Crippen molar-refractivity contribution >= 4 is 22.7 Å². The molecule has 0 spiro atoms. The first kappa shape index (κ1) is 15.6. The van der Waals surface area contributed by atoms with Gasteiger partial charge in [0.05, 0.1) is 18.0 Å². The molecule has 24 heavy (non-hydrogen) atoms. The number of anilines is 1. The Labute approximate surface area is 137 Å². The first-order valence-corrected chi connectivity index (χ1v) is 7.31. The number of ether oxygens (including phenoxy) is 1. The van der Waals surface area contributed by atoms with Gasteiger partial charge in [-0.2, -0.15) is 0 Å². The number of aromatic nitrogens is 1. The maximum Gasteiger partial charge on any atom is 0.343 e. The van der Waals surface area contributed by atoms with Crippen molar-refractivity contribution in [2.75, 3.05) is 12.8 Å². The highest BCUT2D eigenvalue weighted by Gasteiger charge is 2.18. The van der Waals surface area contributed by atoms with Crippen LogP contribution in [0.4, 0.5) is 5.82 Å². The number of H-pyrrole nitrogens is 1. The van der Waals surface area contributed by atoms with E-state index >= 15 is 0 Å². The number of nitrogen functional groups attached to an aromatic ring is 1. The number of pyridine rings is 1. The van der Waals surface area contributed by atoms with E-state index in [1.54, 1.807) is 19.2 Å². The zero-order valence-corrected chi connectivity index (χ0v) is 13.0. The van der Waals surface area contributed by atoms with E-state index < -0.39 is 17.0 Å². The fourth-order valence-electron chi connectivity index (χ4n) is 2.75. The van der Waals surface area contributed by atoms with Crippen LogP contribution in [0.1, 0.15) is 21.5 Å². The fourth-order valence-corrected chi connectivity index (χ4v) is 2.75. The molecule has 3 aromatic rings. The summed E-state index contributed by atoms with van der Waals surface area (Å²) in [5, 5.41) is 9.58. The zero-order valence-electron chi connectivity index (χ0n) is 13.0. The number of hydrogen-bond donors (Lipinski definition) is 3. The van der Waals surface area contributed by atoms with Crippen molar-refractivity contribution < 1.29 is 14.6 Å². The van der Waals surface area contributed by atoms with Crippen LogP contribution in [-0.2, 0) is 6.42 Å². The Hall–Kier alpha value is -3.28. The van der Waals surface area contributed by atoms with E-state index in [4.69, 9.17) is 10.5 Å². The number of nitrogens with two attached hydrogens (primary N) is 1. The lowest BCUT2D eigenvalue weighted by Gasteiger charge is -2.09. The molecular formula is C18H16N2O4. The molecule has 4 N–H and O–H groups in total. The van der Waals surface area contributed by atoms with E-state index in [2.05, 4.69) is 4.98 Å². The van der Waals surface area contributed by atoms with Crippen molar-refractivity contribution in [1.82, 2.24) is 4.98 Å². The number of aromatic amines is 1. The molecule has 0 aliphatic heterocycles. The lowest BCUT2D eigenvalue weighted by atomic mass is 9.99. The van der Waals surface area contributed by atoms with Crippen LogP contribution in [0.15, 0.2) is 47.3 Å². The maximum absolute atomic E-state index is 12.6. The molecule has 0 bridgehead atoms. The number of carboxylic acids is 1. The predicted octanol–water partition coefficient (Wildman–Crippen LogP) is 2.41. The van der Waals surface area contributed by atoms with Gasteiger partial charge in [-0.3, -0.25) is 4.79 Å². The number of nitrogens with one attached hydrogen (secondary N) is 1. The fraction of sp³-hybridized carbons (Fsp3) is 0.111. The lowest BCUT2D eigenvalue weighted by molar-refractivity contribution is 0.0696. The highest BCUT2D eigenvalue weighted by molar-refractivity contribution is 5.98. The molecular weight excluding hydrogens is 308 g/mol. The number of carbonyl (C=O) groups is 1. The number of methoxy groups -OCH3 is 1. The van der Waals surface area contributed by atoms with Gasteiger partial charge in [-0.05, 0) is 35.7 Å². The van der Waals surface area contributed by atoms with Crippen LogP contribution >= 0.6 is 0 Å². The Balaban J connectivity index is 2.15. The van der Waals surface area contributed by atoms with Gasteiger partial charge in [0.1, 0.15) is 17.1 Å². The van der Waals surface area contributed by atoms with E-state index in [1.165, 1.54) is 0 Å². The van der Waals surface area contributed by atoms with Gasteiger partial charge in [0.25, 0.3) is 0 Å². The maximum atomic E-state index is 12.6. The molecule has 1 heterocycles. The summed E-state index contributed by atoms with van der Waals surface area (Å²) in [6.45, 7) is 0. The van der Waals surface area contributed by atoms with Crippen molar-refractivity contribution in [3.8, 4) is 5.75 Å². The zero-order chi connectivity index (χ0) is 17.3. The Morgan fingerprint density at radius 2 is 1.92 bits per heavy atom. The van der Waals surface area contributed by atoms with Crippen LogP contribution in [0.3, 0.4) is 0 Å². The van der Waals surface area contributed by atoms with Crippen LogP contribution in [0, 0.1) is 0 Å². The molecule has 0 saturated carbocycles. The van der Waals surface area contributed by atoms with Crippen LogP contribution < -0.4 is 15.9 Å². The van der Waals surface area contributed by atoms with Gasteiger partial charge >= 0.3 is 5.97 Å². The molecule has 1 aromatic heterocycles. The van der Waals surface area contributed by atoms with Gasteiger partial charge in [-0.1, -0.05) is 24.3 Å². The monoisotopic (exact) mass is 324 g/mol. The molecule has 6 heteroatoms. The van der Waals surface area contributed by atoms with E-state index in [9.17, 15) is 14.7 Å². The summed E-state index contributed by atoms with van der Waals surface area (Å²) in [6.07, 6.45) is 0.493. The van der Waals surface area contributed by atoms with E-state index in [0.29, 0.717) is 17.3 Å². The van der Waals surface area contributed by atoms with Gasteiger partial charge < -0.3 is 20.6 Å². The molecule has 0 aliphatic carbocycles. The molecule has 0 atom stereocenters. The first-order chi connectivity index (χ1) is 11.5. The highest BCUT2D eigenvalue weighted by atomic mass is 16.5. The third-order valence-electron chi connectivity index (χ3n) is 3.91. The van der Waals surface area contributed by atoms with E-state index in [1.807, 2.05) is 30.3 Å². The summed E-state index contributed by atoms with van der Waals surface area (Å²) in [6, 6.07) is 12.8. The Kier molecular flexibility index (Phi) is 3.95. The van der Waals surface area contributed by atoms with Gasteiger partial charge in [0, 0.05) is 0 Å². The number of rotatable bonds is 4. The second-order valence-electron chi connectivity index (χ2n) is 5.41. The van der Waals surface area contributed by atoms with Gasteiger partial charge in [-0.15, -0.1) is 0 Å². The van der Waals surface area contributed by atoms with Gasteiger partial charge in [-0.25, -0.2) is 4.79 Å². The van der Waals surface area contributed by atoms with Crippen molar-refractivity contribution in [2.24, 2.45) is 0 Å². The SMILES string of the molecule is COc1ccc(Cc2cccc3[nH]c(N)c(C(=O)O)c(=O)c23)cc1. The minimum absolute atomic E-state index is 0.137. The van der Waals surface area contributed by atoms with Crippen LogP contribution in [0.5, 0.6) is 5.75 Å². The number of carboxylic acid groups (broad SMARTS) is 1. The third-order valence-corrected chi connectivity index (χ3v) is 3.91. The second-order valence-corrected chi connectivity index (χ2v) is 5.41. The first-order valence-electron chi connectivity index (χ1n) is 7.31. The Bertz CT molecular complexity index is 975. The van der Waals surface area contributed by atoms with Crippen molar-refractivity contribution in [3.05, 3.63) is 69.4 Å². The number of benzene rings is 2. The molecule has 0 aliphatic rings. The average molecular weight is 324 g/mol. The molecule has 2 aromatic carbocycles. The summed E-state index contributed by atoms with van der Waals surface area (Å²) in [4.78, 5) is 26.7. The summed E-state index contributed by atoms with van der Waals surface area (Å²) in [7, 11) is 1.59. The van der Waals surface area contributed by atoms with E-state index in [-0.39, 0.29) is 5.82 Å². The smallest absolute Gasteiger partial charge is 0.343 e. The summed E-state index contributed by atoms with van der Waals surface area (Å²) in [5.41, 5.74) is 6.92. The molecule has 0 fully saturated rings. The molecule has 0 amide bonds. The topological polar surface area (TPSA) is 105 Å². The van der Waals surface area contributed by atoms with Crippen LogP contribution in [-0.4, -0.2) is 23.2 Å². The Morgan fingerprint density at radius 1 is 1.21 bits per heavy atom. The molecule has 122 valence electrons. The molecule has 0 radical (unpaired) electrons. The largest absolute Gasteiger partial charge is 0.497 e. The molecule has 3 rings (SSSR count). The average Bonchev–Trinajstić information content (AvgIpc) is 2.55. The van der Waals surface area contributed by atoms with Gasteiger partial charge in [0.2, 0.25) is 5.43 Å². The minimum atomic E-state index is -1.34. The standard InChI is InChI=1S/C18H16N2O4/c1-24-12-7-5-10(6-8-12)9-11-3-2-4-13-14(11)16(21)15(18(22)23)17(19)20-13/h2-8H,9H2,1H3,(H,22,23)(H3,19,20,21). The second kappa shape index (κ2) is 6.08. The summed E-state index contributed by atoms with van der Waals surface area (Å²) in [5.74, 6) is -0.730. The minimum Gasteiger partial charge on any atom is -0.497 e. The quantitative estimate of drug-likeness (QED) is 0.683. The lowest BCUT2D eigenvalue weighted by Crippen LogP contribution is -2.20.